The lowest BCUT2D eigenvalue weighted by molar-refractivity contribution is -0.140. The molecule has 7 nitrogen and oxygen atoms in total. The average molecular weight is 677 g/mol. The van der Waals surface area contributed by atoms with Gasteiger partial charge in [-0.1, -0.05) is 102 Å². The molecule has 4 rings (SSSR count). The molecule has 0 aromatic heterocycles. The first-order valence-corrected chi connectivity index (χ1v) is 16.8. The zero-order chi connectivity index (χ0) is 31.7. The number of benzene rings is 4. The van der Waals surface area contributed by atoms with Crippen LogP contribution in [0.15, 0.2) is 119 Å². The van der Waals surface area contributed by atoms with Gasteiger partial charge in [0.1, 0.15) is 12.6 Å². The van der Waals surface area contributed by atoms with E-state index in [1.807, 2.05) is 87.5 Å². The number of nitrogens with zero attached hydrogens (tertiary/aromatic N) is 2. The molecule has 0 bridgehead atoms. The molecule has 0 heterocycles. The number of hydrogen-bond acceptors (Lipinski definition) is 4. The zero-order valence-corrected chi connectivity index (χ0v) is 27.6. The zero-order valence-electron chi connectivity index (χ0n) is 25.2. The Morgan fingerprint density at radius 3 is 2.02 bits per heavy atom. The standard InChI is InChI=1S/C35H38BrN3O4S/c1-4-27(3)37-35(41)33(23-28-14-7-5-8-15-28)38(24-29-19-21-30(36)22-20-29)34(40)25-39(32-18-12-11-13-26(32)2)44(42,43)31-16-9-6-10-17-31/h5-22,27,33H,4,23-25H2,1-3H3,(H,37,41)/t27-,33-/m1/s1. The molecular formula is C35H38BrN3O4S. The fraction of sp³-hybridized carbons (Fsp3) is 0.257. The third-order valence-corrected chi connectivity index (χ3v) is 9.84. The summed E-state index contributed by atoms with van der Waals surface area (Å²) in [5, 5.41) is 3.06. The number of para-hydroxylation sites is 1. The molecule has 0 unspecified atom stereocenters. The predicted octanol–water partition coefficient (Wildman–Crippen LogP) is 6.51. The number of amides is 2. The molecule has 230 valence electrons. The number of carbonyl (C=O) groups excluding carboxylic acids is 2. The van der Waals surface area contributed by atoms with Crippen LogP contribution in [0.3, 0.4) is 0 Å². The molecule has 0 aliphatic carbocycles. The van der Waals surface area contributed by atoms with Crippen LogP contribution in [0, 0.1) is 6.92 Å². The van der Waals surface area contributed by atoms with Gasteiger partial charge in [-0.2, -0.15) is 0 Å². The molecule has 0 spiro atoms. The van der Waals surface area contributed by atoms with E-state index < -0.39 is 28.5 Å². The van der Waals surface area contributed by atoms with Crippen LogP contribution in [0.4, 0.5) is 5.69 Å². The summed E-state index contributed by atoms with van der Waals surface area (Å²) in [5.41, 5.74) is 2.80. The monoisotopic (exact) mass is 675 g/mol. The van der Waals surface area contributed by atoms with Crippen LogP contribution in [0.2, 0.25) is 0 Å². The van der Waals surface area contributed by atoms with Crippen LogP contribution in [0.1, 0.15) is 37.0 Å². The summed E-state index contributed by atoms with van der Waals surface area (Å²) in [6.07, 6.45) is 0.988. The van der Waals surface area contributed by atoms with Gasteiger partial charge in [0.2, 0.25) is 11.8 Å². The lowest BCUT2D eigenvalue weighted by atomic mass is 10.0. The lowest BCUT2D eigenvalue weighted by Gasteiger charge is -2.34. The van der Waals surface area contributed by atoms with Crippen LogP contribution in [0.25, 0.3) is 0 Å². The lowest BCUT2D eigenvalue weighted by Crippen LogP contribution is -2.54. The van der Waals surface area contributed by atoms with E-state index in [1.54, 1.807) is 30.3 Å². The molecule has 2 atom stereocenters. The Labute approximate surface area is 269 Å². The van der Waals surface area contributed by atoms with Crippen LogP contribution in [0.5, 0.6) is 0 Å². The van der Waals surface area contributed by atoms with Crippen molar-refractivity contribution < 1.29 is 18.0 Å². The molecule has 0 radical (unpaired) electrons. The summed E-state index contributed by atoms with van der Waals surface area (Å²) in [6, 6.07) is 31.2. The van der Waals surface area contributed by atoms with Gasteiger partial charge in [0.25, 0.3) is 10.0 Å². The molecule has 9 heteroatoms. The highest BCUT2D eigenvalue weighted by atomic mass is 79.9. The quantitative estimate of drug-likeness (QED) is 0.175. The van der Waals surface area contributed by atoms with Crippen molar-refractivity contribution in [1.82, 2.24) is 10.2 Å². The van der Waals surface area contributed by atoms with E-state index in [4.69, 9.17) is 0 Å². The van der Waals surface area contributed by atoms with Gasteiger partial charge < -0.3 is 10.2 Å². The van der Waals surface area contributed by atoms with Gasteiger partial charge in [0, 0.05) is 23.5 Å². The number of aryl methyl sites for hydroxylation is 1. The van der Waals surface area contributed by atoms with E-state index >= 15 is 0 Å². The molecule has 0 fully saturated rings. The van der Waals surface area contributed by atoms with Crippen molar-refractivity contribution in [2.24, 2.45) is 0 Å². The second-order valence-corrected chi connectivity index (χ2v) is 13.6. The van der Waals surface area contributed by atoms with Gasteiger partial charge in [-0.15, -0.1) is 0 Å². The van der Waals surface area contributed by atoms with Gasteiger partial charge in [0.05, 0.1) is 10.6 Å². The number of halogens is 1. The Kier molecular flexibility index (Phi) is 11.4. The number of nitrogens with one attached hydrogen (secondary N) is 1. The number of anilines is 1. The van der Waals surface area contributed by atoms with Crippen molar-refractivity contribution in [3.8, 4) is 0 Å². The molecule has 0 aliphatic rings. The second kappa shape index (κ2) is 15.2. The first-order chi connectivity index (χ1) is 21.1. The highest BCUT2D eigenvalue weighted by Crippen LogP contribution is 2.28. The van der Waals surface area contributed by atoms with Crippen molar-refractivity contribution in [3.05, 3.63) is 130 Å². The van der Waals surface area contributed by atoms with Gasteiger partial charge in [-0.3, -0.25) is 13.9 Å². The third-order valence-electron chi connectivity index (χ3n) is 7.53. The van der Waals surface area contributed by atoms with Gasteiger partial charge in [-0.05, 0) is 67.3 Å². The summed E-state index contributed by atoms with van der Waals surface area (Å²) in [6.45, 7) is 5.34. The van der Waals surface area contributed by atoms with E-state index in [2.05, 4.69) is 21.2 Å². The topological polar surface area (TPSA) is 86.8 Å². The van der Waals surface area contributed by atoms with E-state index in [0.29, 0.717) is 11.3 Å². The van der Waals surface area contributed by atoms with Crippen molar-refractivity contribution in [2.75, 3.05) is 10.8 Å². The van der Waals surface area contributed by atoms with Crippen molar-refractivity contribution in [2.45, 2.75) is 57.1 Å². The largest absolute Gasteiger partial charge is 0.352 e. The molecule has 2 amide bonds. The maximum absolute atomic E-state index is 14.5. The second-order valence-electron chi connectivity index (χ2n) is 10.8. The Morgan fingerprint density at radius 1 is 0.818 bits per heavy atom. The van der Waals surface area contributed by atoms with Crippen molar-refractivity contribution in [1.29, 1.82) is 0 Å². The predicted molar refractivity (Wildman–Crippen MR) is 179 cm³/mol. The molecular weight excluding hydrogens is 638 g/mol. The van der Waals surface area contributed by atoms with E-state index in [1.165, 1.54) is 17.0 Å². The highest BCUT2D eigenvalue weighted by molar-refractivity contribution is 9.10. The van der Waals surface area contributed by atoms with Crippen LogP contribution in [-0.2, 0) is 32.6 Å². The fourth-order valence-corrected chi connectivity index (χ4v) is 6.62. The molecule has 0 aliphatic heterocycles. The minimum Gasteiger partial charge on any atom is -0.352 e. The number of sulfonamides is 1. The normalized spacial score (nSPS) is 12.6. The molecule has 4 aromatic rings. The van der Waals surface area contributed by atoms with Crippen LogP contribution in [-0.4, -0.2) is 43.8 Å². The molecule has 1 N–H and O–H groups in total. The Hall–Kier alpha value is -3.95. The highest BCUT2D eigenvalue weighted by Gasteiger charge is 2.35. The van der Waals surface area contributed by atoms with Crippen LogP contribution >= 0.6 is 15.9 Å². The Bertz CT molecular complexity index is 1650. The maximum atomic E-state index is 14.5. The number of rotatable bonds is 13. The van der Waals surface area contributed by atoms with Crippen LogP contribution < -0.4 is 9.62 Å². The molecule has 0 saturated carbocycles. The number of hydrogen-bond donors (Lipinski definition) is 1. The smallest absolute Gasteiger partial charge is 0.264 e. The summed E-state index contributed by atoms with van der Waals surface area (Å²) in [5.74, 6) is -0.780. The Morgan fingerprint density at radius 2 is 1.41 bits per heavy atom. The van der Waals surface area contributed by atoms with E-state index in [0.717, 1.165) is 26.3 Å². The minimum atomic E-state index is -4.13. The SMILES string of the molecule is CC[C@@H](C)NC(=O)[C@@H](Cc1ccccc1)N(Cc1ccc(Br)cc1)C(=O)CN(c1ccccc1C)S(=O)(=O)c1ccccc1. The van der Waals surface area contributed by atoms with Gasteiger partial charge >= 0.3 is 0 Å². The first-order valence-electron chi connectivity index (χ1n) is 14.6. The summed E-state index contributed by atoms with van der Waals surface area (Å²) >= 11 is 3.46. The number of carbonyl (C=O) groups is 2. The maximum Gasteiger partial charge on any atom is 0.264 e. The van der Waals surface area contributed by atoms with Crippen molar-refractivity contribution in [3.63, 3.8) is 0 Å². The molecule has 4 aromatic carbocycles. The summed E-state index contributed by atoms with van der Waals surface area (Å²) in [4.78, 5) is 30.0. The summed E-state index contributed by atoms with van der Waals surface area (Å²) < 4.78 is 30.2. The van der Waals surface area contributed by atoms with E-state index in [9.17, 15) is 18.0 Å². The molecule has 44 heavy (non-hydrogen) atoms. The molecule has 0 saturated heterocycles. The Balaban J connectivity index is 1.81. The van der Waals surface area contributed by atoms with Gasteiger partial charge in [-0.25, -0.2) is 8.42 Å². The summed E-state index contributed by atoms with van der Waals surface area (Å²) in [7, 11) is -4.13. The minimum absolute atomic E-state index is 0.0749. The third kappa shape index (κ3) is 8.36. The first kappa shape index (κ1) is 33.0. The van der Waals surface area contributed by atoms with Crippen molar-refractivity contribution >= 4 is 43.5 Å². The fourth-order valence-electron chi connectivity index (χ4n) is 4.86. The van der Waals surface area contributed by atoms with Gasteiger partial charge in [0.15, 0.2) is 0 Å². The average Bonchev–Trinajstić information content (AvgIpc) is 3.03. The van der Waals surface area contributed by atoms with E-state index in [-0.39, 0.29) is 29.8 Å².